The average molecular weight is 266 g/mol. The smallest absolute Gasteiger partial charge is 0.408 e. The minimum absolute atomic E-state index is 0.109. The molecule has 7 heteroatoms. The number of rotatable bonds is 4. The maximum Gasteiger partial charge on any atom is 0.408 e. The van der Waals surface area contributed by atoms with Gasteiger partial charge in [0.2, 0.25) is 0 Å². The summed E-state index contributed by atoms with van der Waals surface area (Å²) in [5, 5.41) is 2.15. The number of methoxy groups -OCH3 is 1. The van der Waals surface area contributed by atoms with Crippen molar-refractivity contribution in [3.63, 3.8) is 0 Å². The molecule has 1 unspecified atom stereocenters. The SMILES string of the molecule is CNC(=O)OC(C(N)=O)(C(=O)OC)c1ccccc1. The number of nitrogens with one attached hydrogen (secondary N) is 1. The van der Waals surface area contributed by atoms with Crippen molar-refractivity contribution in [2.45, 2.75) is 5.60 Å². The quantitative estimate of drug-likeness (QED) is 0.584. The number of carbonyl (C=O) groups excluding carboxylic acids is 3. The third-order valence-electron chi connectivity index (χ3n) is 2.45. The van der Waals surface area contributed by atoms with Crippen molar-refractivity contribution >= 4 is 18.0 Å². The Balaban J connectivity index is 3.40. The molecule has 3 N–H and O–H groups in total. The van der Waals surface area contributed by atoms with Gasteiger partial charge in [-0.3, -0.25) is 4.79 Å². The maximum absolute atomic E-state index is 11.9. The molecule has 1 aromatic rings. The van der Waals surface area contributed by atoms with Crippen molar-refractivity contribution in [1.82, 2.24) is 5.32 Å². The van der Waals surface area contributed by atoms with Gasteiger partial charge in [-0.05, 0) is 0 Å². The number of nitrogens with two attached hydrogens (primary N) is 1. The van der Waals surface area contributed by atoms with E-state index in [-0.39, 0.29) is 5.56 Å². The van der Waals surface area contributed by atoms with Gasteiger partial charge in [0.05, 0.1) is 7.11 Å². The van der Waals surface area contributed by atoms with Crippen LogP contribution in [0.15, 0.2) is 30.3 Å². The van der Waals surface area contributed by atoms with Crippen LogP contribution in [0.5, 0.6) is 0 Å². The van der Waals surface area contributed by atoms with Crippen molar-refractivity contribution in [2.75, 3.05) is 14.2 Å². The van der Waals surface area contributed by atoms with Gasteiger partial charge >= 0.3 is 17.7 Å². The monoisotopic (exact) mass is 266 g/mol. The van der Waals surface area contributed by atoms with Crippen molar-refractivity contribution in [1.29, 1.82) is 0 Å². The second-order valence-electron chi connectivity index (χ2n) is 3.54. The molecule has 0 saturated heterocycles. The largest absolute Gasteiger partial charge is 0.465 e. The summed E-state index contributed by atoms with van der Waals surface area (Å²) in [5.41, 5.74) is 3.04. The summed E-state index contributed by atoms with van der Waals surface area (Å²) < 4.78 is 9.42. The van der Waals surface area contributed by atoms with Gasteiger partial charge in [0.25, 0.3) is 5.91 Å². The molecule has 0 radical (unpaired) electrons. The molecule has 0 aliphatic heterocycles. The summed E-state index contributed by atoms with van der Waals surface area (Å²) >= 11 is 0. The van der Waals surface area contributed by atoms with Gasteiger partial charge in [-0.25, -0.2) is 9.59 Å². The zero-order valence-electron chi connectivity index (χ0n) is 10.5. The molecule has 0 heterocycles. The van der Waals surface area contributed by atoms with Crippen LogP contribution in [0.3, 0.4) is 0 Å². The van der Waals surface area contributed by atoms with Crippen LogP contribution in [0, 0.1) is 0 Å². The number of esters is 1. The number of ether oxygens (including phenoxy) is 2. The third-order valence-corrected chi connectivity index (χ3v) is 2.45. The Hall–Kier alpha value is -2.57. The van der Waals surface area contributed by atoms with E-state index in [2.05, 4.69) is 10.1 Å². The zero-order chi connectivity index (χ0) is 14.5. The number of primary amides is 1. The highest BCUT2D eigenvalue weighted by atomic mass is 16.6. The lowest BCUT2D eigenvalue weighted by Crippen LogP contribution is -2.53. The molecule has 0 aromatic heterocycles. The van der Waals surface area contributed by atoms with Gasteiger partial charge in [-0.1, -0.05) is 30.3 Å². The molecule has 0 aliphatic carbocycles. The van der Waals surface area contributed by atoms with Gasteiger partial charge in [0, 0.05) is 12.6 Å². The van der Waals surface area contributed by atoms with Crippen molar-refractivity contribution in [3.05, 3.63) is 35.9 Å². The Kier molecular flexibility index (Phi) is 4.46. The topological polar surface area (TPSA) is 108 Å². The molecule has 0 fully saturated rings. The lowest BCUT2D eigenvalue weighted by Gasteiger charge is -2.27. The predicted molar refractivity (Wildman–Crippen MR) is 64.9 cm³/mol. The highest BCUT2D eigenvalue weighted by Gasteiger charge is 2.51. The lowest BCUT2D eigenvalue weighted by molar-refractivity contribution is -0.169. The van der Waals surface area contributed by atoms with Gasteiger partial charge in [-0.15, -0.1) is 0 Å². The van der Waals surface area contributed by atoms with Crippen LogP contribution < -0.4 is 11.1 Å². The fourth-order valence-corrected chi connectivity index (χ4v) is 1.52. The number of alkyl carbamates (subject to hydrolysis) is 1. The normalized spacial score (nSPS) is 12.9. The van der Waals surface area contributed by atoms with Gasteiger partial charge in [-0.2, -0.15) is 0 Å². The van der Waals surface area contributed by atoms with E-state index in [1.54, 1.807) is 18.2 Å². The zero-order valence-corrected chi connectivity index (χ0v) is 10.5. The fourth-order valence-electron chi connectivity index (χ4n) is 1.52. The first kappa shape index (κ1) is 14.5. The van der Waals surface area contributed by atoms with E-state index >= 15 is 0 Å². The average Bonchev–Trinajstić information content (AvgIpc) is 2.44. The standard InChI is InChI=1S/C12H14N2O5/c1-14-11(17)19-12(9(13)15,10(16)18-2)8-6-4-3-5-7-8/h3-7H,1-2H3,(H2,13,15)(H,14,17). The van der Waals surface area contributed by atoms with E-state index in [4.69, 9.17) is 10.5 Å². The summed E-state index contributed by atoms with van der Waals surface area (Å²) in [5.74, 6) is -2.22. The summed E-state index contributed by atoms with van der Waals surface area (Å²) in [7, 11) is 2.35. The fraction of sp³-hybridized carbons (Fsp3) is 0.250. The molecule has 0 saturated carbocycles. The second-order valence-corrected chi connectivity index (χ2v) is 3.54. The van der Waals surface area contributed by atoms with E-state index in [1.165, 1.54) is 19.2 Å². The van der Waals surface area contributed by atoms with Crippen molar-refractivity contribution < 1.29 is 23.9 Å². The van der Waals surface area contributed by atoms with E-state index in [0.29, 0.717) is 0 Å². The van der Waals surface area contributed by atoms with Gasteiger partial charge < -0.3 is 20.5 Å². The molecule has 1 aromatic carbocycles. The number of carbonyl (C=O) groups is 3. The Labute approximate surface area is 109 Å². The van der Waals surface area contributed by atoms with Crippen LogP contribution in [0.1, 0.15) is 5.56 Å². The van der Waals surface area contributed by atoms with Crippen LogP contribution in [0.25, 0.3) is 0 Å². The molecule has 0 aliphatic rings. The Bertz CT molecular complexity index is 488. The second kappa shape index (κ2) is 5.85. The first-order chi connectivity index (χ1) is 8.98. The number of hydrogen-bond donors (Lipinski definition) is 2. The molecule has 7 nitrogen and oxygen atoms in total. The number of benzene rings is 1. The molecular formula is C12H14N2O5. The van der Waals surface area contributed by atoms with Crippen LogP contribution >= 0.6 is 0 Å². The Morgan fingerprint density at radius 3 is 2.21 bits per heavy atom. The van der Waals surface area contributed by atoms with E-state index < -0.39 is 23.6 Å². The number of hydrogen-bond acceptors (Lipinski definition) is 5. The molecule has 102 valence electrons. The Morgan fingerprint density at radius 2 is 1.79 bits per heavy atom. The Morgan fingerprint density at radius 1 is 1.21 bits per heavy atom. The number of amides is 2. The van der Waals surface area contributed by atoms with E-state index in [9.17, 15) is 14.4 Å². The highest BCUT2D eigenvalue weighted by Crippen LogP contribution is 2.27. The van der Waals surface area contributed by atoms with Crippen molar-refractivity contribution in [2.24, 2.45) is 5.73 Å². The molecule has 1 atom stereocenters. The summed E-state index contributed by atoms with van der Waals surface area (Å²) in [6.45, 7) is 0. The van der Waals surface area contributed by atoms with Gasteiger partial charge in [0.1, 0.15) is 0 Å². The summed E-state index contributed by atoms with van der Waals surface area (Å²) in [4.78, 5) is 35.0. The van der Waals surface area contributed by atoms with Crippen LogP contribution in [-0.2, 0) is 24.7 Å². The predicted octanol–water partition coefficient (Wildman–Crippen LogP) is -0.104. The minimum atomic E-state index is -2.31. The first-order valence-electron chi connectivity index (χ1n) is 5.33. The molecule has 0 spiro atoms. The summed E-state index contributed by atoms with van der Waals surface area (Å²) in [6.07, 6.45) is -0.979. The molecule has 1 rings (SSSR count). The van der Waals surface area contributed by atoms with Crippen LogP contribution in [0.2, 0.25) is 0 Å². The van der Waals surface area contributed by atoms with Crippen molar-refractivity contribution in [3.8, 4) is 0 Å². The minimum Gasteiger partial charge on any atom is -0.465 e. The van der Waals surface area contributed by atoms with Crippen LogP contribution in [-0.4, -0.2) is 32.1 Å². The molecule has 2 amide bonds. The van der Waals surface area contributed by atoms with Crippen LogP contribution in [0.4, 0.5) is 4.79 Å². The molecule has 0 bridgehead atoms. The maximum atomic E-state index is 11.9. The lowest BCUT2D eigenvalue weighted by atomic mass is 9.93. The third kappa shape index (κ3) is 2.65. The molecule has 19 heavy (non-hydrogen) atoms. The highest BCUT2D eigenvalue weighted by molar-refractivity contribution is 6.07. The first-order valence-corrected chi connectivity index (χ1v) is 5.33. The van der Waals surface area contributed by atoms with E-state index in [1.807, 2.05) is 0 Å². The molecular weight excluding hydrogens is 252 g/mol. The summed E-state index contributed by atoms with van der Waals surface area (Å²) in [6, 6.07) is 7.69. The van der Waals surface area contributed by atoms with E-state index in [0.717, 1.165) is 7.11 Å². The van der Waals surface area contributed by atoms with Gasteiger partial charge in [0.15, 0.2) is 0 Å².